The van der Waals surface area contributed by atoms with E-state index in [1.807, 2.05) is 0 Å². The van der Waals surface area contributed by atoms with Crippen molar-refractivity contribution in [2.45, 2.75) is 37.9 Å². The summed E-state index contributed by atoms with van der Waals surface area (Å²) in [6.45, 7) is 6.79. The van der Waals surface area contributed by atoms with Crippen molar-refractivity contribution in [1.82, 2.24) is 10.2 Å². The van der Waals surface area contributed by atoms with Crippen molar-refractivity contribution in [2.24, 2.45) is 0 Å². The second kappa shape index (κ2) is 12.3. The number of hydrogen-bond donors (Lipinski definition) is 1. The molecular formula is C24H27Cl2N4O6PS. The molecule has 1 aromatic heterocycles. The van der Waals surface area contributed by atoms with Crippen LogP contribution >= 0.6 is 30.9 Å². The lowest BCUT2D eigenvalue weighted by Gasteiger charge is -2.34. The molecule has 0 aliphatic carbocycles. The fourth-order valence-corrected chi connectivity index (χ4v) is 6.68. The molecule has 0 spiro atoms. The van der Waals surface area contributed by atoms with Crippen LogP contribution in [0.1, 0.15) is 26.3 Å². The molecule has 0 bridgehead atoms. The third-order valence-electron chi connectivity index (χ3n) is 5.32. The van der Waals surface area contributed by atoms with Gasteiger partial charge in [0.25, 0.3) is 10.0 Å². The predicted octanol–water partition coefficient (Wildman–Crippen LogP) is 6.09. The number of halogens is 2. The van der Waals surface area contributed by atoms with Crippen molar-refractivity contribution in [1.29, 1.82) is 0 Å². The SMILES string of the molecule is CCOc1ccccc1S(=O)(=O)N(c1cc(C)cc(OCCNc2c(Cl)cnnc2Cl)c1)C(C)(C)P(=O)=O. The summed E-state index contributed by atoms with van der Waals surface area (Å²) in [6, 6.07) is 10.9. The monoisotopic (exact) mass is 600 g/mol. The number of hydrogen-bond acceptors (Lipinski definition) is 9. The summed E-state index contributed by atoms with van der Waals surface area (Å²) < 4.78 is 64.9. The molecular weight excluding hydrogens is 574 g/mol. The zero-order valence-corrected chi connectivity index (χ0v) is 24.4. The number of aromatic nitrogens is 2. The van der Waals surface area contributed by atoms with E-state index in [2.05, 4.69) is 15.5 Å². The van der Waals surface area contributed by atoms with E-state index >= 15 is 0 Å². The third kappa shape index (κ3) is 6.58. The van der Waals surface area contributed by atoms with Gasteiger partial charge in [0, 0.05) is 12.6 Å². The van der Waals surface area contributed by atoms with Crippen molar-refractivity contribution < 1.29 is 27.0 Å². The topological polar surface area (TPSA) is 128 Å². The maximum Gasteiger partial charge on any atom is 0.342 e. The first-order valence-electron chi connectivity index (χ1n) is 11.5. The van der Waals surface area contributed by atoms with Crippen molar-refractivity contribution in [3.8, 4) is 11.5 Å². The summed E-state index contributed by atoms with van der Waals surface area (Å²) in [4.78, 5) is -0.153. The van der Waals surface area contributed by atoms with E-state index in [4.69, 9.17) is 32.7 Å². The lowest BCUT2D eigenvalue weighted by molar-refractivity contribution is 0.331. The first-order valence-corrected chi connectivity index (χ1v) is 14.8. The van der Waals surface area contributed by atoms with Crippen LogP contribution in [0.15, 0.2) is 53.6 Å². The van der Waals surface area contributed by atoms with Crippen LogP contribution in [0.5, 0.6) is 11.5 Å². The number of aryl methyl sites for hydroxylation is 1. The average molecular weight is 601 g/mol. The molecule has 0 aliphatic heterocycles. The van der Waals surface area contributed by atoms with Gasteiger partial charge in [-0.1, -0.05) is 35.3 Å². The molecule has 0 amide bonds. The van der Waals surface area contributed by atoms with Crippen LogP contribution in [-0.4, -0.2) is 43.7 Å². The Morgan fingerprint density at radius 3 is 2.47 bits per heavy atom. The van der Waals surface area contributed by atoms with Gasteiger partial charge in [0.2, 0.25) is 0 Å². The molecule has 0 unspecified atom stereocenters. The Kier molecular flexibility index (Phi) is 9.64. The molecule has 0 atom stereocenters. The number of nitrogens with zero attached hydrogens (tertiary/aromatic N) is 3. The number of benzene rings is 2. The van der Waals surface area contributed by atoms with Gasteiger partial charge in [0.1, 0.15) is 23.0 Å². The average Bonchev–Trinajstić information content (AvgIpc) is 2.83. The molecule has 38 heavy (non-hydrogen) atoms. The van der Waals surface area contributed by atoms with E-state index in [0.717, 1.165) is 4.31 Å². The summed E-state index contributed by atoms with van der Waals surface area (Å²) in [7, 11) is -7.62. The molecule has 0 saturated carbocycles. The lowest BCUT2D eigenvalue weighted by atomic mass is 10.2. The number of ether oxygens (including phenoxy) is 2. The molecule has 1 heterocycles. The third-order valence-corrected chi connectivity index (χ3v) is 9.14. The Bertz CT molecular complexity index is 1460. The number of anilines is 2. The highest BCUT2D eigenvalue weighted by Gasteiger charge is 2.43. The minimum atomic E-state index is -4.40. The Hall–Kier alpha value is -2.85. The minimum absolute atomic E-state index is 0.109. The summed E-state index contributed by atoms with van der Waals surface area (Å²) in [6.07, 6.45) is 1.35. The zero-order valence-electron chi connectivity index (χ0n) is 21.1. The minimum Gasteiger partial charge on any atom is -0.492 e. The Balaban J connectivity index is 1.97. The molecule has 0 aliphatic rings. The Morgan fingerprint density at radius 2 is 1.82 bits per heavy atom. The molecule has 2 aromatic carbocycles. The fraction of sp³-hybridized carbons (Fsp3) is 0.333. The summed E-state index contributed by atoms with van der Waals surface area (Å²) in [5.74, 6) is 0.456. The molecule has 0 radical (unpaired) electrons. The Labute approximate surface area is 232 Å². The molecule has 14 heteroatoms. The summed E-state index contributed by atoms with van der Waals surface area (Å²) in [5, 5.41) is 8.99. The number of rotatable bonds is 12. The lowest BCUT2D eigenvalue weighted by Crippen LogP contribution is -2.45. The van der Waals surface area contributed by atoms with Gasteiger partial charge in [-0.15, -0.1) is 5.10 Å². The molecule has 10 nitrogen and oxygen atoms in total. The van der Waals surface area contributed by atoms with E-state index in [9.17, 15) is 17.5 Å². The van der Waals surface area contributed by atoms with Crippen LogP contribution in [0.25, 0.3) is 0 Å². The van der Waals surface area contributed by atoms with Gasteiger partial charge in [0.15, 0.2) is 10.4 Å². The van der Waals surface area contributed by atoms with Gasteiger partial charge in [-0.3, -0.25) is 0 Å². The smallest absolute Gasteiger partial charge is 0.342 e. The van der Waals surface area contributed by atoms with Gasteiger partial charge in [-0.05, 0) is 57.5 Å². The van der Waals surface area contributed by atoms with Crippen LogP contribution in [0.4, 0.5) is 11.4 Å². The van der Waals surface area contributed by atoms with Gasteiger partial charge < -0.3 is 14.8 Å². The van der Waals surface area contributed by atoms with Gasteiger partial charge in [0.05, 0.1) is 29.2 Å². The van der Waals surface area contributed by atoms with E-state index in [0.29, 0.717) is 22.0 Å². The van der Waals surface area contributed by atoms with E-state index in [1.165, 1.54) is 38.2 Å². The van der Waals surface area contributed by atoms with Crippen LogP contribution in [-0.2, 0) is 19.2 Å². The van der Waals surface area contributed by atoms with Gasteiger partial charge in [-0.2, -0.15) is 5.10 Å². The molecule has 0 fully saturated rings. The van der Waals surface area contributed by atoms with Gasteiger partial charge >= 0.3 is 7.68 Å². The highest BCUT2D eigenvalue weighted by molar-refractivity contribution is 7.93. The first kappa shape index (κ1) is 29.7. The molecule has 0 saturated heterocycles. The zero-order chi connectivity index (χ0) is 28.1. The summed E-state index contributed by atoms with van der Waals surface area (Å²) in [5.41, 5.74) is 1.18. The quantitative estimate of drug-likeness (QED) is 0.194. The normalized spacial score (nSPS) is 11.6. The predicted molar refractivity (Wildman–Crippen MR) is 147 cm³/mol. The van der Waals surface area contributed by atoms with E-state index < -0.39 is 23.0 Å². The maximum atomic E-state index is 14.0. The van der Waals surface area contributed by atoms with Crippen molar-refractivity contribution in [3.05, 3.63) is 64.4 Å². The number of para-hydroxylation sites is 1. The molecule has 204 valence electrons. The largest absolute Gasteiger partial charge is 0.492 e. The standard InChI is InChI=1S/C24H27Cl2N4O6PS/c1-5-35-20-8-6-7-9-21(20)38(33,34)30(24(3,4)37(31)32)17-12-16(2)13-18(14-17)36-11-10-27-22-19(25)15-28-29-23(22)26/h6-9,12-15H,5,10-11H2,1-4H3,(H,27,28). The van der Waals surface area contributed by atoms with Crippen LogP contribution in [0.2, 0.25) is 10.2 Å². The van der Waals surface area contributed by atoms with Crippen LogP contribution in [0, 0.1) is 6.92 Å². The second-order valence-electron chi connectivity index (χ2n) is 8.54. The second-order valence-corrected chi connectivity index (χ2v) is 12.7. The van der Waals surface area contributed by atoms with Crippen molar-refractivity contribution in [2.75, 3.05) is 29.4 Å². The van der Waals surface area contributed by atoms with Crippen molar-refractivity contribution in [3.63, 3.8) is 0 Å². The highest BCUT2D eigenvalue weighted by Crippen LogP contribution is 2.43. The molecule has 3 aromatic rings. The number of nitrogens with one attached hydrogen (secondary N) is 1. The Morgan fingerprint density at radius 1 is 1.11 bits per heavy atom. The van der Waals surface area contributed by atoms with E-state index in [-0.39, 0.29) is 41.2 Å². The fourth-order valence-electron chi connectivity index (χ4n) is 3.63. The maximum absolute atomic E-state index is 14.0. The summed E-state index contributed by atoms with van der Waals surface area (Å²) >= 11 is 12.1. The first-order chi connectivity index (χ1) is 17.9. The van der Waals surface area contributed by atoms with Crippen molar-refractivity contribution >= 4 is 52.3 Å². The number of sulfonamides is 1. The highest BCUT2D eigenvalue weighted by atomic mass is 35.5. The molecule has 1 N–H and O–H groups in total. The van der Waals surface area contributed by atoms with E-state index in [1.54, 1.807) is 38.1 Å². The molecule has 3 rings (SSSR count). The van der Waals surface area contributed by atoms with Gasteiger partial charge in [-0.25, -0.2) is 21.9 Å². The van der Waals surface area contributed by atoms with Crippen LogP contribution in [0.3, 0.4) is 0 Å². The van der Waals surface area contributed by atoms with Crippen LogP contribution < -0.4 is 19.1 Å².